The van der Waals surface area contributed by atoms with Crippen LogP contribution in [0.15, 0.2) is 28.7 Å². The van der Waals surface area contributed by atoms with E-state index in [0.29, 0.717) is 18.7 Å². The number of likely N-dealkylation sites (tertiary alicyclic amines) is 1. The molecule has 1 unspecified atom stereocenters. The zero-order valence-corrected chi connectivity index (χ0v) is 13.8. The van der Waals surface area contributed by atoms with E-state index in [9.17, 15) is 14.7 Å². The largest absolute Gasteiger partial charge is 0.483 e. The van der Waals surface area contributed by atoms with Gasteiger partial charge >= 0.3 is 5.97 Å². The van der Waals surface area contributed by atoms with Gasteiger partial charge in [-0.15, -0.1) is 0 Å². The van der Waals surface area contributed by atoms with Crippen molar-refractivity contribution in [3.8, 4) is 5.75 Å². The minimum Gasteiger partial charge on any atom is -0.483 e. The van der Waals surface area contributed by atoms with Gasteiger partial charge in [0.1, 0.15) is 11.2 Å². The zero-order valence-electron chi connectivity index (χ0n) is 12.3. The smallest absolute Gasteiger partial charge is 0.313 e. The van der Waals surface area contributed by atoms with Gasteiger partial charge in [0.25, 0.3) is 5.91 Å². The normalized spacial score (nSPS) is 20.9. The molecule has 0 bridgehead atoms. The molecule has 22 heavy (non-hydrogen) atoms. The number of methoxy groups -OCH3 is 1. The Morgan fingerprint density at radius 1 is 1.41 bits per heavy atom. The van der Waals surface area contributed by atoms with Crippen LogP contribution in [0.3, 0.4) is 0 Å². The number of carbonyl (C=O) groups excluding carboxylic acids is 1. The van der Waals surface area contributed by atoms with E-state index in [1.165, 1.54) is 12.0 Å². The third kappa shape index (κ3) is 3.59. The second-order valence-corrected chi connectivity index (χ2v) is 6.16. The Bertz CT molecular complexity index is 565. The first-order chi connectivity index (χ1) is 10.5. The van der Waals surface area contributed by atoms with Crippen LogP contribution < -0.4 is 4.74 Å². The molecule has 1 heterocycles. The lowest BCUT2D eigenvalue weighted by molar-refractivity contribution is -0.151. The van der Waals surface area contributed by atoms with Gasteiger partial charge in [-0.25, -0.2) is 0 Å². The quantitative estimate of drug-likeness (QED) is 0.824. The highest BCUT2D eigenvalue weighted by atomic mass is 79.9. The van der Waals surface area contributed by atoms with Gasteiger partial charge in [0.2, 0.25) is 0 Å². The number of benzene rings is 1. The summed E-state index contributed by atoms with van der Waals surface area (Å²) in [7, 11) is 1.46. The number of para-hydroxylation sites is 1. The summed E-state index contributed by atoms with van der Waals surface area (Å²) in [6.07, 6.45) is 0.386. The van der Waals surface area contributed by atoms with Gasteiger partial charge in [0.15, 0.2) is 6.61 Å². The fraction of sp³-hybridized carbons (Fsp3) is 0.467. The number of aliphatic carboxylic acids is 1. The number of nitrogens with zero attached hydrogens (tertiary/aromatic N) is 1. The number of halogens is 1. The van der Waals surface area contributed by atoms with E-state index < -0.39 is 11.4 Å². The predicted octanol–water partition coefficient (Wildman–Crippen LogP) is 1.78. The number of rotatable bonds is 6. The second kappa shape index (κ2) is 7.11. The first kappa shape index (κ1) is 16.8. The Morgan fingerprint density at radius 3 is 2.77 bits per heavy atom. The highest BCUT2D eigenvalue weighted by Gasteiger charge is 2.46. The monoisotopic (exact) mass is 371 g/mol. The second-order valence-electron chi connectivity index (χ2n) is 5.30. The summed E-state index contributed by atoms with van der Waals surface area (Å²) in [4.78, 5) is 25.2. The van der Waals surface area contributed by atoms with Crippen LogP contribution in [-0.4, -0.2) is 55.3 Å². The highest BCUT2D eigenvalue weighted by Crippen LogP contribution is 2.31. The lowest BCUT2D eigenvalue weighted by atomic mass is 9.88. The van der Waals surface area contributed by atoms with Crippen molar-refractivity contribution >= 4 is 27.8 Å². The fourth-order valence-corrected chi connectivity index (χ4v) is 2.91. The summed E-state index contributed by atoms with van der Waals surface area (Å²) < 4.78 is 11.3. The van der Waals surface area contributed by atoms with Crippen LogP contribution in [0.25, 0.3) is 0 Å². The summed E-state index contributed by atoms with van der Waals surface area (Å²) in [6.45, 7) is 0.518. The van der Waals surface area contributed by atoms with E-state index in [2.05, 4.69) is 15.9 Å². The first-order valence-electron chi connectivity index (χ1n) is 6.86. The number of amides is 1. The van der Waals surface area contributed by atoms with Gasteiger partial charge in [-0.3, -0.25) is 9.59 Å². The number of carbonyl (C=O) groups is 2. The summed E-state index contributed by atoms with van der Waals surface area (Å²) in [5.74, 6) is -0.581. The molecule has 0 radical (unpaired) electrons. The molecule has 1 saturated heterocycles. The lowest BCUT2D eigenvalue weighted by Crippen LogP contribution is -2.41. The molecule has 1 N–H and O–H groups in total. The van der Waals surface area contributed by atoms with Crippen molar-refractivity contribution in [1.29, 1.82) is 0 Å². The number of hydrogen-bond acceptors (Lipinski definition) is 4. The third-order valence-corrected chi connectivity index (χ3v) is 4.42. The summed E-state index contributed by atoms with van der Waals surface area (Å²) in [6, 6.07) is 7.25. The van der Waals surface area contributed by atoms with Crippen LogP contribution in [0.1, 0.15) is 6.42 Å². The van der Waals surface area contributed by atoms with Gasteiger partial charge in [0.05, 0.1) is 11.1 Å². The Balaban J connectivity index is 1.94. The van der Waals surface area contributed by atoms with Gasteiger partial charge < -0.3 is 19.5 Å². The zero-order chi connectivity index (χ0) is 16.2. The van der Waals surface area contributed by atoms with Gasteiger partial charge in [-0.05, 0) is 34.5 Å². The van der Waals surface area contributed by atoms with Crippen molar-refractivity contribution in [3.05, 3.63) is 28.7 Å². The van der Waals surface area contributed by atoms with Crippen LogP contribution in [0.4, 0.5) is 0 Å². The SMILES string of the molecule is COCC1(C(=O)O)CCN(C(=O)COc2ccccc2Br)C1. The Hall–Kier alpha value is -1.60. The molecule has 1 atom stereocenters. The molecule has 1 aliphatic rings. The third-order valence-electron chi connectivity index (χ3n) is 3.77. The molecule has 1 aromatic rings. The average Bonchev–Trinajstić information content (AvgIpc) is 2.92. The molecule has 1 fully saturated rings. The van der Waals surface area contributed by atoms with E-state index in [-0.39, 0.29) is 25.7 Å². The molecule has 1 amide bonds. The maximum Gasteiger partial charge on any atom is 0.313 e. The van der Waals surface area contributed by atoms with Crippen molar-refractivity contribution in [2.75, 3.05) is 33.4 Å². The highest BCUT2D eigenvalue weighted by molar-refractivity contribution is 9.10. The Kier molecular flexibility index (Phi) is 5.42. The Morgan fingerprint density at radius 2 is 2.14 bits per heavy atom. The van der Waals surface area contributed by atoms with E-state index >= 15 is 0 Å². The van der Waals surface area contributed by atoms with E-state index in [4.69, 9.17) is 9.47 Å². The van der Waals surface area contributed by atoms with Crippen LogP contribution in [0.5, 0.6) is 5.75 Å². The first-order valence-corrected chi connectivity index (χ1v) is 7.65. The van der Waals surface area contributed by atoms with E-state index in [1.807, 2.05) is 18.2 Å². The van der Waals surface area contributed by atoms with Crippen LogP contribution in [-0.2, 0) is 14.3 Å². The molecular formula is C15H18BrNO5. The summed E-state index contributed by atoms with van der Waals surface area (Å²) in [5.41, 5.74) is -1.02. The topological polar surface area (TPSA) is 76.1 Å². The molecule has 1 aromatic carbocycles. The minimum atomic E-state index is -1.02. The van der Waals surface area contributed by atoms with Crippen LogP contribution in [0, 0.1) is 5.41 Å². The predicted molar refractivity (Wildman–Crippen MR) is 82.8 cm³/mol. The maximum atomic E-state index is 12.2. The molecule has 7 heteroatoms. The average molecular weight is 372 g/mol. The van der Waals surface area contributed by atoms with Crippen LogP contribution >= 0.6 is 15.9 Å². The van der Waals surface area contributed by atoms with Crippen LogP contribution in [0.2, 0.25) is 0 Å². The molecule has 0 saturated carbocycles. The molecule has 0 aromatic heterocycles. The van der Waals surface area contributed by atoms with Crippen molar-refractivity contribution in [3.63, 3.8) is 0 Å². The van der Waals surface area contributed by atoms with E-state index in [0.717, 1.165) is 4.47 Å². The molecule has 120 valence electrons. The maximum absolute atomic E-state index is 12.2. The summed E-state index contributed by atoms with van der Waals surface area (Å²) >= 11 is 3.34. The molecular weight excluding hydrogens is 354 g/mol. The van der Waals surface area contributed by atoms with Gasteiger partial charge in [0, 0.05) is 20.2 Å². The number of carboxylic acids is 1. The van der Waals surface area contributed by atoms with Crippen molar-refractivity contribution in [1.82, 2.24) is 4.90 Å². The molecule has 6 nitrogen and oxygen atoms in total. The molecule has 0 spiro atoms. The van der Waals surface area contributed by atoms with Crippen molar-refractivity contribution in [2.24, 2.45) is 5.41 Å². The number of carboxylic acid groups (broad SMARTS) is 1. The molecule has 1 aliphatic heterocycles. The van der Waals surface area contributed by atoms with Gasteiger partial charge in [-0.2, -0.15) is 0 Å². The molecule has 2 rings (SSSR count). The summed E-state index contributed by atoms with van der Waals surface area (Å²) in [5, 5.41) is 9.38. The minimum absolute atomic E-state index is 0.0944. The van der Waals surface area contributed by atoms with Gasteiger partial charge in [-0.1, -0.05) is 12.1 Å². The fourth-order valence-electron chi connectivity index (χ4n) is 2.51. The Labute approximate surface area is 137 Å². The number of hydrogen-bond donors (Lipinski definition) is 1. The standard InChI is InChI=1S/C15H18BrNO5/c1-21-10-15(14(19)20)6-7-17(9-15)13(18)8-22-12-5-3-2-4-11(12)16/h2-5H,6-10H2,1H3,(H,19,20). The van der Waals surface area contributed by atoms with E-state index in [1.54, 1.807) is 6.07 Å². The van der Waals surface area contributed by atoms with Crippen molar-refractivity contribution in [2.45, 2.75) is 6.42 Å². The number of ether oxygens (including phenoxy) is 2. The molecule has 0 aliphatic carbocycles. The van der Waals surface area contributed by atoms with Crippen molar-refractivity contribution < 1.29 is 24.2 Å². The lowest BCUT2D eigenvalue weighted by Gasteiger charge is -2.23.